The van der Waals surface area contributed by atoms with E-state index in [1.165, 1.54) is 0 Å². The second kappa shape index (κ2) is 4.72. The molecular weight excluding hydrogens is 204 g/mol. The molecule has 0 amide bonds. The maximum atomic E-state index is 8.99. The predicted octanol–water partition coefficient (Wildman–Crippen LogP) is 2.07. The average Bonchev–Trinajstić information content (AvgIpc) is 2.29. The fraction of sp³-hybridized carbons (Fsp3) is 0.167. The molecule has 4 nitrogen and oxygen atoms in total. The highest BCUT2D eigenvalue weighted by atomic mass is 16.5. The number of hydrogen-bond acceptors (Lipinski definition) is 4. The zero-order valence-corrected chi connectivity index (χ0v) is 8.92. The summed E-state index contributed by atoms with van der Waals surface area (Å²) in [5, 5.41) is 16.6. The van der Waals surface area contributed by atoms with Crippen LogP contribution < -0.4 is 4.74 Å². The zero-order chi connectivity index (χ0) is 11.4. The molecule has 0 saturated carbocycles. The number of nitrogens with zero attached hydrogens (tertiary/aromatic N) is 2. The van der Waals surface area contributed by atoms with Gasteiger partial charge >= 0.3 is 0 Å². The molecule has 0 radical (unpaired) electrons. The molecule has 0 atom stereocenters. The fourth-order valence-corrected chi connectivity index (χ4v) is 1.32. The van der Waals surface area contributed by atoms with Crippen molar-refractivity contribution in [3.05, 3.63) is 47.7 Å². The van der Waals surface area contributed by atoms with E-state index in [1.807, 2.05) is 25.1 Å². The van der Waals surface area contributed by atoms with Crippen LogP contribution in [0.3, 0.4) is 0 Å². The average molecular weight is 216 g/mol. The van der Waals surface area contributed by atoms with Crippen molar-refractivity contribution in [3.63, 3.8) is 0 Å². The maximum absolute atomic E-state index is 8.99. The molecule has 1 aromatic heterocycles. The number of aliphatic hydroxyl groups is 1. The number of aromatic nitrogens is 2. The highest BCUT2D eigenvalue weighted by Crippen LogP contribution is 2.20. The van der Waals surface area contributed by atoms with E-state index < -0.39 is 0 Å². The van der Waals surface area contributed by atoms with Crippen LogP contribution in [0.15, 0.2) is 36.5 Å². The van der Waals surface area contributed by atoms with Crippen molar-refractivity contribution in [2.24, 2.45) is 0 Å². The molecule has 16 heavy (non-hydrogen) atoms. The van der Waals surface area contributed by atoms with Gasteiger partial charge in [-0.1, -0.05) is 12.1 Å². The van der Waals surface area contributed by atoms with E-state index in [-0.39, 0.29) is 6.61 Å². The predicted molar refractivity (Wildman–Crippen MR) is 59.2 cm³/mol. The van der Waals surface area contributed by atoms with Crippen LogP contribution in [-0.4, -0.2) is 15.3 Å². The number of aryl methyl sites for hydroxylation is 1. The Morgan fingerprint density at radius 1 is 1.31 bits per heavy atom. The van der Waals surface area contributed by atoms with Crippen LogP contribution in [0.2, 0.25) is 0 Å². The fourth-order valence-electron chi connectivity index (χ4n) is 1.32. The van der Waals surface area contributed by atoms with Crippen molar-refractivity contribution in [2.45, 2.75) is 13.5 Å². The van der Waals surface area contributed by atoms with Crippen LogP contribution in [0.25, 0.3) is 0 Å². The summed E-state index contributed by atoms with van der Waals surface area (Å²) in [6, 6.07) is 9.03. The lowest BCUT2D eigenvalue weighted by atomic mass is 10.2. The summed E-state index contributed by atoms with van der Waals surface area (Å²) in [5.74, 6) is 1.10. The Hall–Kier alpha value is -1.94. The number of rotatable bonds is 3. The van der Waals surface area contributed by atoms with Gasteiger partial charge in [0.1, 0.15) is 5.75 Å². The van der Waals surface area contributed by atoms with Crippen molar-refractivity contribution >= 4 is 0 Å². The van der Waals surface area contributed by atoms with Gasteiger partial charge in [0.05, 0.1) is 12.8 Å². The number of hydrogen-bond donors (Lipinski definition) is 1. The Morgan fingerprint density at radius 3 is 2.94 bits per heavy atom. The summed E-state index contributed by atoms with van der Waals surface area (Å²) >= 11 is 0. The van der Waals surface area contributed by atoms with Crippen molar-refractivity contribution in [2.75, 3.05) is 0 Å². The van der Waals surface area contributed by atoms with E-state index in [9.17, 15) is 0 Å². The van der Waals surface area contributed by atoms with E-state index in [0.29, 0.717) is 11.6 Å². The molecule has 1 N–H and O–H groups in total. The Morgan fingerprint density at radius 2 is 2.19 bits per heavy atom. The summed E-state index contributed by atoms with van der Waals surface area (Å²) in [4.78, 5) is 0. The Bertz CT molecular complexity index is 486. The van der Waals surface area contributed by atoms with E-state index >= 15 is 0 Å². The van der Waals surface area contributed by atoms with Gasteiger partial charge in [0.25, 0.3) is 0 Å². The molecule has 0 saturated heterocycles. The van der Waals surface area contributed by atoms with Crippen LogP contribution in [0.1, 0.15) is 11.1 Å². The number of ether oxygens (including phenoxy) is 1. The monoisotopic (exact) mass is 216 g/mol. The lowest BCUT2D eigenvalue weighted by molar-refractivity contribution is 0.281. The standard InChI is InChI=1S/C12H12N2O2/c1-9-5-12(14-13-7-9)16-11-4-2-3-10(6-11)8-15/h2-7,15H,8H2,1H3. The quantitative estimate of drug-likeness (QED) is 0.853. The first-order valence-corrected chi connectivity index (χ1v) is 4.95. The molecule has 2 rings (SSSR count). The molecule has 0 spiro atoms. The minimum Gasteiger partial charge on any atom is -0.438 e. The molecule has 0 unspecified atom stereocenters. The Labute approximate surface area is 93.5 Å². The first-order valence-electron chi connectivity index (χ1n) is 4.95. The molecule has 1 aromatic carbocycles. The van der Waals surface area contributed by atoms with Crippen LogP contribution >= 0.6 is 0 Å². The lowest BCUT2D eigenvalue weighted by Gasteiger charge is -2.05. The molecule has 82 valence electrons. The van der Waals surface area contributed by atoms with Crippen LogP contribution in [0.4, 0.5) is 0 Å². The van der Waals surface area contributed by atoms with E-state index in [4.69, 9.17) is 9.84 Å². The summed E-state index contributed by atoms with van der Waals surface area (Å²) in [5.41, 5.74) is 1.79. The molecule has 0 aliphatic heterocycles. The SMILES string of the molecule is Cc1cnnc(Oc2cccc(CO)c2)c1. The maximum Gasteiger partial charge on any atom is 0.239 e. The van der Waals surface area contributed by atoms with Gasteiger partial charge in [-0.3, -0.25) is 0 Å². The van der Waals surface area contributed by atoms with Gasteiger partial charge in [0, 0.05) is 6.07 Å². The molecular formula is C12H12N2O2. The van der Waals surface area contributed by atoms with E-state index in [0.717, 1.165) is 11.1 Å². The summed E-state index contributed by atoms with van der Waals surface area (Å²) in [6.07, 6.45) is 1.66. The molecule has 0 aliphatic rings. The largest absolute Gasteiger partial charge is 0.438 e. The molecule has 0 fully saturated rings. The smallest absolute Gasteiger partial charge is 0.239 e. The highest BCUT2D eigenvalue weighted by molar-refractivity contribution is 5.31. The van der Waals surface area contributed by atoms with Gasteiger partial charge < -0.3 is 9.84 Å². The van der Waals surface area contributed by atoms with Gasteiger partial charge in [-0.2, -0.15) is 5.10 Å². The highest BCUT2D eigenvalue weighted by Gasteiger charge is 2.00. The molecule has 0 aliphatic carbocycles. The minimum atomic E-state index is -0.00328. The van der Waals surface area contributed by atoms with Crippen LogP contribution in [0, 0.1) is 6.92 Å². The van der Waals surface area contributed by atoms with Crippen molar-refractivity contribution in [1.29, 1.82) is 0 Å². The third-order valence-corrected chi connectivity index (χ3v) is 2.07. The summed E-state index contributed by atoms with van der Waals surface area (Å²) in [7, 11) is 0. The second-order valence-electron chi connectivity index (χ2n) is 3.48. The first kappa shape index (κ1) is 10.6. The van der Waals surface area contributed by atoms with Crippen LogP contribution in [0.5, 0.6) is 11.6 Å². The minimum absolute atomic E-state index is 0.00328. The van der Waals surface area contributed by atoms with E-state index in [1.54, 1.807) is 18.3 Å². The molecule has 0 bridgehead atoms. The second-order valence-corrected chi connectivity index (χ2v) is 3.48. The summed E-state index contributed by atoms with van der Waals surface area (Å²) in [6.45, 7) is 1.92. The first-order chi connectivity index (χ1) is 7.78. The normalized spacial score (nSPS) is 10.1. The van der Waals surface area contributed by atoms with Crippen molar-refractivity contribution < 1.29 is 9.84 Å². The van der Waals surface area contributed by atoms with Gasteiger partial charge in [-0.05, 0) is 30.2 Å². The zero-order valence-electron chi connectivity index (χ0n) is 8.92. The molecule has 2 aromatic rings. The number of benzene rings is 1. The van der Waals surface area contributed by atoms with Gasteiger partial charge in [-0.25, -0.2) is 0 Å². The lowest BCUT2D eigenvalue weighted by Crippen LogP contribution is -1.92. The van der Waals surface area contributed by atoms with Crippen LogP contribution in [-0.2, 0) is 6.61 Å². The molecule has 4 heteroatoms. The molecule has 1 heterocycles. The van der Waals surface area contributed by atoms with Gasteiger partial charge in [0.15, 0.2) is 0 Å². The third kappa shape index (κ3) is 2.55. The van der Waals surface area contributed by atoms with E-state index in [2.05, 4.69) is 10.2 Å². The number of aliphatic hydroxyl groups excluding tert-OH is 1. The van der Waals surface area contributed by atoms with Gasteiger partial charge in [-0.15, -0.1) is 5.10 Å². The Balaban J connectivity index is 2.20. The third-order valence-electron chi connectivity index (χ3n) is 2.07. The Kier molecular flexibility index (Phi) is 3.12. The topological polar surface area (TPSA) is 55.2 Å². The van der Waals surface area contributed by atoms with Gasteiger partial charge in [0.2, 0.25) is 5.88 Å². The van der Waals surface area contributed by atoms with Crippen molar-refractivity contribution in [1.82, 2.24) is 10.2 Å². The summed E-state index contributed by atoms with van der Waals surface area (Å²) < 4.78 is 5.52. The van der Waals surface area contributed by atoms with Crippen molar-refractivity contribution in [3.8, 4) is 11.6 Å².